The molecule has 0 saturated carbocycles. The fraction of sp³-hybridized carbons (Fsp3) is 0.286. The van der Waals surface area contributed by atoms with Gasteiger partial charge in [-0.2, -0.15) is 5.10 Å². The maximum Gasteiger partial charge on any atom is 0.233 e. The summed E-state index contributed by atoms with van der Waals surface area (Å²) in [5, 5.41) is 11.3. The highest BCUT2D eigenvalue weighted by Crippen LogP contribution is 2.17. The molecule has 0 bridgehead atoms. The smallest absolute Gasteiger partial charge is 0.233 e. The van der Waals surface area contributed by atoms with Crippen molar-refractivity contribution in [2.75, 3.05) is 14.2 Å². The van der Waals surface area contributed by atoms with Crippen LogP contribution in [0, 0.1) is 5.82 Å². The summed E-state index contributed by atoms with van der Waals surface area (Å²) < 4.78 is 17.8. The molecule has 0 aliphatic heterocycles. The fourth-order valence-corrected chi connectivity index (χ4v) is 1.84. The Morgan fingerprint density at radius 3 is 2.42 bits per heavy atom. The van der Waals surface area contributed by atoms with Crippen molar-refractivity contribution in [1.29, 1.82) is 0 Å². The van der Waals surface area contributed by atoms with Crippen molar-refractivity contribution in [2.45, 2.75) is 12.5 Å². The molecule has 1 N–H and O–H groups in total. The molecule has 1 aromatic carbocycles. The molecular formula is C14H16FN3O. The lowest BCUT2D eigenvalue weighted by Gasteiger charge is -2.15. The number of nitrogens with zero attached hydrogens (tertiary/aromatic N) is 2. The molecule has 2 rings (SSSR count). The zero-order valence-corrected chi connectivity index (χ0v) is 10.9. The molecule has 0 aliphatic rings. The van der Waals surface area contributed by atoms with Crippen LogP contribution in [0.3, 0.4) is 0 Å². The molecule has 0 aliphatic carbocycles. The van der Waals surface area contributed by atoms with Gasteiger partial charge in [-0.15, -0.1) is 5.10 Å². The summed E-state index contributed by atoms with van der Waals surface area (Å²) in [6.07, 6.45) is 0.720. The Hall–Kier alpha value is -2.01. The van der Waals surface area contributed by atoms with Crippen LogP contribution in [0.1, 0.15) is 17.3 Å². The fourth-order valence-electron chi connectivity index (χ4n) is 1.84. The van der Waals surface area contributed by atoms with Crippen molar-refractivity contribution in [2.24, 2.45) is 0 Å². The van der Waals surface area contributed by atoms with E-state index in [-0.39, 0.29) is 11.9 Å². The largest absolute Gasteiger partial charge is 0.480 e. The Morgan fingerprint density at radius 1 is 1.16 bits per heavy atom. The Bertz CT molecular complexity index is 513. The molecule has 1 heterocycles. The molecular weight excluding hydrogens is 245 g/mol. The van der Waals surface area contributed by atoms with E-state index in [0.717, 1.165) is 17.7 Å². The number of aromatic nitrogens is 2. The third kappa shape index (κ3) is 3.48. The van der Waals surface area contributed by atoms with Gasteiger partial charge >= 0.3 is 0 Å². The molecule has 1 aromatic heterocycles. The van der Waals surface area contributed by atoms with Crippen LogP contribution >= 0.6 is 0 Å². The number of benzene rings is 1. The first kappa shape index (κ1) is 13.4. The van der Waals surface area contributed by atoms with Crippen molar-refractivity contribution in [3.05, 3.63) is 53.5 Å². The van der Waals surface area contributed by atoms with E-state index in [0.29, 0.717) is 5.88 Å². The highest BCUT2D eigenvalue weighted by Gasteiger charge is 2.12. The molecule has 100 valence electrons. The Labute approximate surface area is 111 Å². The van der Waals surface area contributed by atoms with Crippen molar-refractivity contribution >= 4 is 0 Å². The Balaban J connectivity index is 2.12. The van der Waals surface area contributed by atoms with Crippen LogP contribution in [0.4, 0.5) is 4.39 Å². The summed E-state index contributed by atoms with van der Waals surface area (Å²) in [4.78, 5) is 0. The zero-order chi connectivity index (χ0) is 13.7. The number of hydrogen-bond acceptors (Lipinski definition) is 4. The summed E-state index contributed by atoms with van der Waals surface area (Å²) in [7, 11) is 3.41. The van der Waals surface area contributed by atoms with Crippen molar-refractivity contribution in [3.63, 3.8) is 0 Å². The van der Waals surface area contributed by atoms with E-state index in [1.165, 1.54) is 12.1 Å². The Morgan fingerprint density at radius 2 is 1.89 bits per heavy atom. The summed E-state index contributed by atoms with van der Waals surface area (Å²) in [6.45, 7) is 0. The maximum absolute atomic E-state index is 12.9. The number of halogens is 1. The number of rotatable bonds is 5. The first-order valence-corrected chi connectivity index (χ1v) is 6.02. The van der Waals surface area contributed by atoms with Gasteiger partial charge in [-0.05, 0) is 37.2 Å². The van der Waals surface area contributed by atoms with E-state index >= 15 is 0 Å². The first-order valence-electron chi connectivity index (χ1n) is 6.02. The third-order valence-electron chi connectivity index (χ3n) is 2.93. The monoisotopic (exact) mass is 261 g/mol. The number of hydrogen-bond donors (Lipinski definition) is 1. The first-order chi connectivity index (χ1) is 9.22. The number of nitrogens with one attached hydrogen (secondary N) is 1. The number of likely N-dealkylation sites (N-methyl/N-ethyl adjacent to an activating group) is 1. The Kier molecular flexibility index (Phi) is 4.41. The molecule has 2 aromatic rings. The van der Waals surface area contributed by atoms with Gasteiger partial charge in [-0.1, -0.05) is 12.1 Å². The minimum atomic E-state index is -0.228. The number of methoxy groups -OCH3 is 1. The molecule has 0 saturated heterocycles. The normalized spacial score (nSPS) is 12.2. The van der Waals surface area contributed by atoms with E-state index in [1.54, 1.807) is 25.3 Å². The highest BCUT2D eigenvalue weighted by molar-refractivity contribution is 5.21. The lowest BCUT2D eigenvalue weighted by atomic mass is 10.0. The molecule has 19 heavy (non-hydrogen) atoms. The SMILES string of the molecule is CNC(Cc1ccc(F)cc1)c1ccc(OC)nn1. The van der Waals surface area contributed by atoms with Crippen LogP contribution in [-0.4, -0.2) is 24.4 Å². The van der Waals surface area contributed by atoms with E-state index in [1.807, 2.05) is 13.1 Å². The van der Waals surface area contributed by atoms with Crippen LogP contribution < -0.4 is 10.1 Å². The van der Waals surface area contributed by atoms with E-state index < -0.39 is 0 Å². The minimum absolute atomic E-state index is 0.0314. The molecule has 0 amide bonds. The number of ether oxygens (including phenoxy) is 1. The predicted octanol–water partition coefficient (Wildman–Crippen LogP) is 2.13. The van der Waals surface area contributed by atoms with E-state index in [4.69, 9.17) is 4.74 Å². The molecule has 1 atom stereocenters. The predicted molar refractivity (Wildman–Crippen MR) is 70.5 cm³/mol. The molecule has 0 spiro atoms. The van der Waals surface area contributed by atoms with Gasteiger partial charge < -0.3 is 10.1 Å². The van der Waals surface area contributed by atoms with E-state index in [2.05, 4.69) is 15.5 Å². The summed E-state index contributed by atoms with van der Waals surface area (Å²) in [5.74, 6) is 0.259. The molecule has 0 fully saturated rings. The standard InChI is InChI=1S/C14H16FN3O/c1-16-13(9-10-3-5-11(15)6-4-10)12-7-8-14(19-2)18-17-12/h3-8,13,16H,9H2,1-2H3. The summed E-state index contributed by atoms with van der Waals surface area (Å²) >= 11 is 0. The van der Waals surface area contributed by atoms with Crippen LogP contribution in [0.25, 0.3) is 0 Å². The molecule has 1 unspecified atom stereocenters. The zero-order valence-electron chi connectivity index (χ0n) is 10.9. The van der Waals surface area contributed by atoms with Crippen LogP contribution in [0.15, 0.2) is 36.4 Å². The second-order valence-corrected chi connectivity index (χ2v) is 4.17. The second kappa shape index (κ2) is 6.24. The van der Waals surface area contributed by atoms with Gasteiger partial charge in [-0.3, -0.25) is 0 Å². The van der Waals surface area contributed by atoms with Gasteiger partial charge in [0.25, 0.3) is 0 Å². The quantitative estimate of drug-likeness (QED) is 0.895. The second-order valence-electron chi connectivity index (χ2n) is 4.17. The maximum atomic E-state index is 12.9. The van der Waals surface area contributed by atoms with Crippen LogP contribution in [0.2, 0.25) is 0 Å². The average molecular weight is 261 g/mol. The van der Waals surface area contributed by atoms with E-state index in [9.17, 15) is 4.39 Å². The van der Waals surface area contributed by atoms with Crippen molar-refractivity contribution in [1.82, 2.24) is 15.5 Å². The summed E-state index contributed by atoms with van der Waals surface area (Å²) in [6, 6.07) is 10.1. The van der Waals surface area contributed by atoms with Gasteiger partial charge in [0.15, 0.2) is 0 Å². The van der Waals surface area contributed by atoms with Crippen LogP contribution in [-0.2, 0) is 6.42 Å². The minimum Gasteiger partial charge on any atom is -0.480 e. The third-order valence-corrected chi connectivity index (χ3v) is 2.93. The molecule has 0 radical (unpaired) electrons. The van der Waals surface area contributed by atoms with Gasteiger partial charge in [0.05, 0.1) is 18.8 Å². The van der Waals surface area contributed by atoms with Gasteiger partial charge in [0.2, 0.25) is 5.88 Å². The highest BCUT2D eigenvalue weighted by atomic mass is 19.1. The van der Waals surface area contributed by atoms with Gasteiger partial charge in [0, 0.05) is 6.07 Å². The van der Waals surface area contributed by atoms with Crippen LogP contribution in [0.5, 0.6) is 5.88 Å². The van der Waals surface area contributed by atoms with Crippen molar-refractivity contribution in [3.8, 4) is 5.88 Å². The lowest BCUT2D eigenvalue weighted by Crippen LogP contribution is -2.20. The lowest BCUT2D eigenvalue weighted by molar-refractivity contribution is 0.389. The summed E-state index contributed by atoms with van der Waals surface area (Å²) in [5.41, 5.74) is 1.87. The molecule has 5 heteroatoms. The topological polar surface area (TPSA) is 47.0 Å². The molecule has 4 nitrogen and oxygen atoms in total. The van der Waals surface area contributed by atoms with Crippen molar-refractivity contribution < 1.29 is 9.13 Å². The average Bonchev–Trinajstić information content (AvgIpc) is 2.47. The van der Waals surface area contributed by atoms with Gasteiger partial charge in [-0.25, -0.2) is 4.39 Å². The van der Waals surface area contributed by atoms with Gasteiger partial charge in [0.1, 0.15) is 5.82 Å².